The molecule has 0 bridgehead atoms. The van der Waals surface area contributed by atoms with Gasteiger partial charge in [0.1, 0.15) is 0 Å². The highest BCUT2D eigenvalue weighted by Gasteiger charge is 2.14. The summed E-state index contributed by atoms with van der Waals surface area (Å²) >= 11 is 6.69. The van der Waals surface area contributed by atoms with Gasteiger partial charge in [0.25, 0.3) is 0 Å². The summed E-state index contributed by atoms with van der Waals surface area (Å²) in [6.07, 6.45) is 0.594. The Kier molecular flexibility index (Phi) is 4.82. The highest BCUT2D eigenvalue weighted by Crippen LogP contribution is 2.33. The van der Waals surface area contributed by atoms with E-state index in [1.54, 1.807) is 0 Å². The Balaban J connectivity index is 3.07. The minimum atomic E-state index is -3.25. The van der Waals surface area contributed by atoms with Gasteiger partial charge in [-0.2, -0.15) is 0 Å². The van der Waals surface area contributed by atoms with Gasteiger partial charge in [-0.3, -0.25) is 4.72 Å². The fourth-order valence-corrected chi connectivity index (χ4v) is 4.32. The van der Waals surface area contributed by atoms with Crippen molar-refractivity contribution >= 4 is 47.6 Å². The monoisotopic (exact) mass is 369 g/mol. The first-order chi connectivity index (χ1) is 7.35. The Hall–Kier alpha value is -0.0700. The van der Waals surface area contributed by atoms with Gasteiger partial charge in [-0.05, 0) is 62.9 Å². The van der Waals surface area contributed by atoms with Crippen LogP contribution in [0.1, 0.15) is 18.9 Å². The van der Waals surface area contributed by atoms with Gasteiger partial charge in [0, 0.05) is 8.95 Å². The Morgan fingerprint density at radius 2 is 1.75 bits per heavy atom. The minimum absolute atomic E-state index is 0.125. The molecular weight excluding hydrogens is 358 g/mol. The molecule has 3 nitrogen and oxygen atoms in total. The molecule has 0 atom stereocenters. The third-order valence-corrected chi connectivity index (χ3v) is 4.63. The van der Waals surface area contributed by atoms with Crippen LogP contribution in [0.25, 0.3) is 0 Å². The molecule has 6 heteroatoms. The fraction of sp³-hybridized carbons (Fsp3) is 0.400. The second kappa shape index (κ2) is 5.51. The third kappa shape index (κ3) is 3.75. The van der Waals surface area contributed by atoms with Crippen molar-refractivity contribution in [3.05, 3.63) is 26.6 Å². The number of nitrogens with one attached hydrogen (secondary N) is 1. The van der Waals surface area contributed by atoms with Crippen LogP contribution in [-0.4, -0.2) is 14.2 Å². The molecule has 0 fully saturated rings. The molecule has 0 aromatic heterocycles. The number of anilines is 1. The molecule has 1 aromatic rings. The van der Waals surface area contributed by atoms with E-state index >= 15 is 0 Å². The van der Waals surface area contributed by atoms with Gasteiger partial charge in [0.2, 0.25) is 10.0 Å². The van der Waals surface area contributed by atoms with Crippen LogP contribution in [0.4, 0.5) is 5.69 Å². The van der Waals surface area contributed by atoms with Gasteiger partial charge >= 0.3 is 0 Å². The smallest absolute Gasteiger partial charge is 0.232 e. The lowest BCUT2D eigenvalue weighted by Gasteiger charge is -2.11. The van der Waals surface area contributed by atoms with E-state index in [2.05, 4.69) is 36.6 Å². The minimum Gasteiger partial charge on any atom is -0.281 e. The average Bonchev–Trinajstić information content (AvgIpc) is 2.11. The molecule has 0 saturated carbocycles. The topological polar surface area (TPSA) is 46.2 Å². The van der Waals surface area contributed by atoms with E-state index in [9.17, 15) is 8.42 Å². The summed E-state index contributed by atoms with van der Waals surface area (Å²) in [5.74, 6) is 0.125. The van der Waals surface area contributed by atoms with Gasteiger partial charge in [-0.15, -0.1) is 0 Å². The fourth-order valence-electron chi connectivity index (χ4n) is 1.27. The Bertz CT molecular complexity index is 463. The molecule has 0 spiro atoms. The summed E-state index contributed by atoms with van der Waals surface area (Å²) in [4.78, 5) is 0. The van der Waals surface area contributed by atoms with E-state index in [4.69, 9.17) is 0 Å². The predicted molar refractivity (Wildman–Crippen MR) is 74.3 cm³/mol. The van der Waals surface area contributed by atoms with Crippen molar-refractivity contribution in [2.75, 3.05) is 10.5 Å². The highest BCUT2D eigenvalue weighted by molar-refractivity contribution is 9.11. The Labute approximate surface area is 113 Å². The van der Waals surface area contributed by atoms with E-state index in [0.717, 1.165) is 14.5 Å². The molecule has 1 rings (SSSR count). The molecular formula is C10H13Br2NO2S. The first kappa shape index (κ1) is 14.0. The van der Waals surface area contributed by atoms with E-state index in [1.807, 2.05) is 26.0 Å². The van der Waals surface area contributed by atoms with E-state index in [-0.39, 0.29) is 5.75 Å². The van der Waals surface area contributed by atoms with E-state index in [1.165, 1.54) is 0 Å². The molecule has 0 aliphatic heterocycles. The second-order valence-electron chi connectivity index (χ2n) is 3.52. The maximum absolute atomic E-state index is 11.6. The van der Waals surface area contributed by atoms with Crippen molar-refractivity contribution in [2.45, 2.75) is 20.3 Å². The first-order valence-electron chi connectivity index (χ1n) is 4.82. The summed E-state index contributed by atoms with van der Waals surface area (Å²) in [6.45, 7) is 3.78. The Morgan fingerprint density at radius 3 is 2.19 bits per heavy atom. The van der Waals surface area contributed by atoms with Crippen molar-refractivity contribution in [1.82, 2.24) is 0 Å². The third-order valence-electron chi connectivity index (χ3n) is 1.92. The predicted octanol–water partition coefficient (Wildman–Crippen LogP) is 3.67. The van der Waals surface area contributed by atoms with Crippen LogP contribution in [0.15, 0.2) is 21.1 Å². The van der Waals surface area contributed by atoms with Crippen LogP contribution >= 0.6 is 31.9 Å². The average molecular weight is 371 g/mol. The molecule has 0 unspecified atom stereocenters. The molecule has 90 valence electrons. The van der Waals surface area contributed by atoms with Gasteiger partial charge in [-0.25, -0.2) is 8.42 Å². The van der Waals surface area contributed by atoms with Crippen LogP contribution in [0, 0.1) is 6.92 Å². The number of hydrogen-bond donors (Lipinski definition) is 1. The zero-order valence-corrected chi connectivity index (χ0v) is 13.0. The largest absolute Gasteiger partial charge is 0.281 e. The number of benzene rings is 1. The number of aryl methyl sites for hydroxylation is 1. The molecule has 0 aliphatic carbocycles. The maximum Gasteiger partial charge on any atom is 0.232 e. The summed E-state index contributed by atoms with van der Waals surface area (Å²) < 4.78 is 27.3. The van der Waals surface area contributed by atoms with Gasteiger partial charge in [-0.1, -0.05) is 6.92 Å². The lowest BCUT2D eigenvalue weighted by Crippen LogP contribution is -2.16. The van der Waals surface area contributed by atoms with Gasteiger partial charge < -0.3 is 0 Å². The van der Waals surface area contributed by atoms with Crippen LogP contribution in [-0.2, 0) is 10.0 Å². The molecule has 0 amide bonds. The Morgan fingerprint density at radius 1 is 1.25 bits per heavy atom. The summed E-state index contributed by atoms with van der Waals surface area (Å²) in [5, 5.41) is 0. The highest BCUT2D eigenvalue weighted by atomic mass is 79.9. The van der Waals surface area contributed by atoms with Crippen LogP contribution in [0.3, 0.4) is 0 Å². The molecule has 16 heavy (non-hydrogen) atoms. The van der Waals surface area contributed by atoms with Crippen molar-refractivity contribution < 1.29 is 8.42 Å². The molecule has 0 saturated heterocycles. The van der Waals surface area contributed by atoms with E-state index in [0.29, 0.717) is 12.1 Å². The quantitative estimate of drug-likeness (QED) is 0.878. The lowest BCUT2D eigenvalue weighted by molar-refractivity contribution is 0.600. The molecule has 1 aromatic carbocycles. The van der Waals surface area contributed by atoms with Crippen LogP contribution in [0.2, 0.25) is 0 Å². The zero-order chi connectivity index (χ0) is 12.3. The van der Waals surface area contributed by atoms with Gasteiger partial charge in [0.05, 0.1) is 11.4 Å². The standard InChI is InChI=1S/C10H13Br2NO2S/c1-3-4-16(14,15)13-10-8(11)5-7(2)6-9(10)12/h5-6,13H,3-4H2,1-2H3. The second-order valence-corrected chi connectivity index (χ2v) is 7.08. The number of halogens is 2. The zero-order valence-electron chi connectivity index (χ0n) is 9.05. The molecule has 0 heterocycles. The van der Waals surface area contributed by atoms with Crippen LogP contribution < -0.4 is 4.72 Å². The molecule has 0 radical (unpaired) electrons. The number of rotatable bonds is 4. The van der Waals surface area contributed by atoms with E-state index < -0.39 is 10.0 Å². The summed E-state index contributed by atoms with van der Waals surface area (Å²) in [7, 11) is -3.25. The van der Waals surface area contributed by atoms with Crippen molar-refractivity contribution in [2.24, 2.45) is 0 Å². The van der Waals surface area contributed by atoms with Crippen molar-refractivity contribution in [3.63, 3.8) is 0 Å². The molecule has 0 aliphatic rings. The lowest BCUT2D eigenvalue weighted by atomic mass is 10.2. The SMILES string of the molecule is CCCS(=O)(=O)Nc1c(Br)cc(C)cc1Br. The van der Waals surface area contributed by atoms with Gasteiger partial charge in [0.15, 0.2) is 0 Å². The normalized spacial score (nSPS) is 11.5. The first-order valence-corrected chi connectivity index (χ1v) is 8.05. The molecule has 1 N–H and O–H groups in total. The number of hydrogen-bond acceptors (Lipinski definition) is 2. The number of sulfonamides is 1. The summed E-state index contributed by atoms with van der Waals surface area (Å²) in [6, 6.07) is 3.74. The summed E-state index contributed by atoms with van der Waals surface area (Å²) in [5.41, 5.74) is 1.61. The van der Waals surface area contributed by atoms with Crippen LogP contribution in [0.5, 0.6) is 0 Å². The van der Waals surface area contributed by atoms with Crippen molar-refractivity contribution in [3.8, 4) is 0 Å². The maximum atomic E-state index is 11.6. The van der Waals surface area contributed by atoms with Crippen molar-refractivity contribution in [1.29, 1.82) is 0 Å².